The minimum absolute atomic E-state index is 0. The fraction of sp³-hybridized carbons (Fsp3) is 0.933. The predicted molar refractivity (Wildman–Crippen MR) is 109 cm³/mol. The van der Waals surface area contributed by atoms with E-state index >= 15 is 0 Å². The molecule has 0 spiro atoms. The first-order chi connectivity index (χ1) is 10.2. The van der Waals surface area contributed by atoms with Crippen LogP contribution >= 0.6 is 35.7 Å². The van der Waals surface area contributed by atoms with Gasteiger partial charge in [-0.2, -0.15) is 11.8 Å². The number of ether oxygens (including phenoxy) is 1. The highest BCUT2D eigenvalue weighted by Gasteiger charge is 2.08. The first-order valence-electron chi connectivity index (χ1n) is 8.10. The highest BCUT2D eigenvalue weighted by molar-refractivity contribution is 14.0. The Labute approximate surface area is 157 Å². The molecule has 0 saturated carbocycles. The molecule has 1 fully saturated rings. The van der Waals surface area contributed by atoms with Crippen LogP contribution in [-0.4, -0.2) is 68.3 Å². The van der Waals surface area contributed by atoms with E-state index in [1.807, 2.05) is 11.8 Å². The molecule has 7 heteroatoms. The molecule has 1 aliphatic heterocycles. The van der Waals surface area contributed by atoms with Crippen molar-refractivity contribution in [1.29, 1.82) is 0 Å². The molecule has 1 rings (SSSR count). The SMILES string of the molecule is CC(C)CSCCCN=C(N)NCCCN1CCOCC1.I. The van der Waals surface area contributed by atoms with Crippen LogP contribution in [0.1, 0.15) is 26.7 Å². The number of guanidine groups is 1. The van der Waals surface area contributed by atoms with Gasteiger partial charge in [-0.05, 0) is 36.8 Å². The first-order valence-corrected chi connectivity index (χ1v) is 9.25. The van der Waals surface area contributed by atoms with E-state index in [1.165, 1.54) is 11.5 Å². The molecule has 132 valence electrons. The third-order valence-corrected chi connectivity index (χ3v) is 4.72. The quantitative estimate of drug-likeness (QED) is 0.234. The Hall–Kier alpha value is 0.270. The molecule has 1 heterocycles. The highest BCUT2D eigenvalue weighted by atomic mass is 127. The first kappa shape index (κ1) is 22.3. The Kier molecular flexibility index (Phi) is 15.0. The second kappa shape index (κ2) is 14.8. The largest absolute Gasteiger partial charge is 0.379 e. The van der Waals surface area contributed by atoms with Crippen LogP contribution < -0.4 is 11.1 Å². The molecule has 1 aliphatic rings. The average Bonchev–Trinajstić information content (AvgIpc) is 2.48. The zero-order chi connectivity index (χ0) is 15.3. The number of aliphatic imine (C=N–C) groups is 1. The van der Waals surface area contributed by atoms with Gasteiger partial charge in [0.1, 0.15) is 0 Å². The van der Waals surface area contributed by atoms with Gasteiger partial charge in [-0.3, -0.25) is 9.89 Å². The van der Waals surface area contributed by atoms with Gasteiger partial charge in [0.15, 0.2) is 5.96 Å². The van der Waals surface area contributed by atoms with E-state index in [0.29, 0.717) is 5.96 Å². The van der Waals surface area contributed by atoms with Crippen molar-refractivity contribution < 1.29 is 4.74 Å². The van der Waals surface area contributed by atoms with Crippen molar-refractivity contribution in [2.45, 2.75) is 26.7 Å². The molecule has 1 saturated heterocycles. The Balaban J connectivity index is 0.00000441. The molecule has 0 aromatic rings. The zero-order valence-electron chi connectivity index (χ0n) is 14.1. The van der Waals surface area contributed by atoms with Crippen LogP contribution in [0.3, 0.4) is 0 Å². The summed E-state index contributed by atoms with van der Waals surface area (Å²) in [6, 6.07) is 0. The van der Waals surface area contributed by atoms with Crippen molar-refractivity contribution in [3.05, 3.63) is 0 Å². The normalized spacial score (nSPS) is 16.6. The second-order valence-corrected chi connectivity index (χ2v) is 6.97. The van der Waals surface area contributed by atoms with Crippen molar-refractivity contribution in [2.24, 2.45) is 16.6 Å². The fourth-order valence-electron chi connectivity index (χ4n) is 2.08. The standard InChI is InChI=1S/C15H32N4OS.HI/c1-14(2)13-21-12-4-6-18-15(16)17-5-3-7-19-8-10-20-11-9-19;/h14H,3-13H2,1-2H3,(H3,16,17,18);1H. The summed E-state index contributed by atoms with van der Waals surface area (Å²) in [7, 11) is 0. The molecule has 0 radical (unpaired) electrons. The van der Waals surface area contributed by atoms with E-state index in [0.717, 1.165) is 64.7 Å². The molecular formula is C15H33IN4OS. The molecular weight excluding hydrogens is 411 g/mol. The number of nitrogens with two attached hydrogens (primary N) is 1. The maximum absolute atomic E-state index is 5.85. The average molecular weight is 444 g/mol. The van der Waals surface area contributed by atoms with Crippen molar-refractivity contribution in [3.63, 3.8) is 0 Å². The molecule has 0 amide bonds. The Morgan fingerprint density at radius 2 is 2.05 bits per heavy atom. The van der Waals surface area contributed by atoms with Gasteiger partial charge in [-0.1, -0.05) is 13.8 Å². The van der Waals surface area contributed by atoms with Crippen LogP contribution in [0.25, 0.3) is 0 Å². The third kappa shape index (κ3) is 12.8. The van der Waals surface area contributed by atoms with Gasteiger partial charge in [0.2, 0.25) is 0 Å². The summed E-state index contributed by atoms with van der Waals surface area (Å²) >= 11 is 2.00. The lowest BCUT2D eigenvalue weighted by molar-refractivity contribution is 0.0376. The van der Waals surface area contributed by atoms with Gasteiger partial charge in [0, 0.05) is 26.2 Å². The van der Waals surface area contributed by atoms with Crippen molar-refractivity contribution in [1.82, 2.24) is 10.2 Å². The molecule has 0 unspecified atom stereocenters. The number of hydrogen-bond donors (Lipinski definition) is 2. The van der Waals surface area contributed by atoms with E-state index in [1.54, 1.807) is 0 Å². The number of nitrogens with zero attached hydrogens (tertiary/aromatic N) is 2. The van der Waals surface area contributed by atoms with Gasteiger partial charge < -0.3 is 15.8 Å². The van der Waals surface area contributed by atoms with Crippen LogP contribution in [0, 0.1) is 5.92 Å². The van der Waals surface area contributed by atoms with Gasteiger partial charge in [0.25, 0.3) is 0 Å². The number of halogens is 1. The van der Waals surface area contributed by atoms with E-state index in [2.05, 4.69) is 29.1 Å². The smallest absolute Gasteiger partial charge is 0.188 e. The van der Waals surface area contributed by atoms with Crippen LogP contribution in [0.5, 0.6) is 0 Å². The maximum atomic E-state index is 5.85. The summed E-state index contributed by atoms with van der Waals surface area (Å²) in [6.07, 6.45) is 2.20. The number of hydrogen-bond acceptors (Lipinski definition) is 4. The lowest BCUT2D eigenvalue weighted by Crippen LogP contribution is -2.39. The van der Waals surface area contributed by atoms with Crippen LogP contribution in [0.15, 0.2) is 4.99 Å². The molecule has 5 nitrogen and oxygen atoms in total. The fourth-order valence-corrected chi connectivity index (χ4v) is 3.06. The maximum Gasteiger partial charge on any atom is 0.188 e. The number of thioether (sulfide) groups is 1. The summed E-state index contributed by atoms with van der Waals surface area (Å²) in [6.45, 7) is 11.2. The monoisotopic (exact) mass is 444 g/mol. The summed E-state index contributed by atoms with van der Waals surface area (Å²) in [5, 5.41) is 3.19. The summed E-state index contributed by atoms with van der Waals surface area (Å²) < 4.78 is 5.33. The molecule has 0 aromatic carbocycles. The van der Waals surface area contributed by atoms with E-state index in [4.69, 9.17) is 10.5 Å². The van der Waals surface area contributed by atoms with Gasteiger partial charge in [-0.15, -0.1) is 24.0 Å². The molecule has 0 atom stereocenters. The lowest BCUT2D eigenvalue weighted by atomic mass is 10.3. The van der Waals surface area contributed by atoms with Crippen molar-refractivity contribution in [3.8, 4) is 0 Å². The number of nitrogens with one attached hydrogen (secondary N) is 1. The number of morpholine rings is 1. The summed E-state index contributed by atoms with van der Waals surface area (Å²) in [4.78, 5) is 6.80. The van der Waals surface area contributed by atoms with Crippen molar-refractivity contribution in [2.75, 3.05) is 57.4 Å². The van der Waals surface area contributed by atoms with E-state index in [-0.39, 0.29) is 24.0 Å². The van der Waals surface area contributed by atoms with E-state index < -0.39 is 0 Å². The lowest BCUT2D eigenvalue weighted by Gasteiger charge is -2.26. The molecule has 0 aromatic heterocycles. The van der Waals surface area contributed by atoms with Gasteiger partial charge in [-0.25, -0.2) is 0 Å². The predicted octanol–water partition coefficient (Wildman–Crippen LogP) is 2.01. The Morgan fingerprint density at radius 3 is 2.73 bits per heavy atom. The van der Waals surface area contributed by atoms with Crippen LogP contribution in [-0.2, 0) is 4.74 Å². The van der Waals surface area contributed by atoms with Gasteiger partial charge >= 0.3 is 0 Å². The highest BCUT2D eigenvalue weighted by Crippen LogP contribution is 2.08. The minimum atomic E-state index is 0. The molecule has 22 heavy (non-hydrogen) atoms. The van der Waals surface area contributed by atoms with Crippen LogP contribution in [0.2, 0.25) is 0 Å². The van der Waals surface area contributed by atoms with Gasteiger partial charge in [0.05, 0.1) is 13.2 Å². The molecule has 3 N–H and O–H groups in total. The Morgan fingerprint density at radius 1 is 1.32 bits per heavy atom. The zero-order valence-corrected chi connectivity index (χ0v) is 17.2. The van der Waals surface area contributed by atoms with E-state index in [9.17, 15) is 0 Å². The Bertz CT molecular complexity index is 287. The number of rotatable bonds is 10. The molecule has 0 bridgehead atoms. The third-order valence-electron chi connectivity index (χ3n) is 3.24. The van der Waals surface area contributed by atoms with Crippen molar-refractivity contribution >= 4 is 41.7 Å². The minimum Gasteiger partial charge on any atom is -0.379 e. The summed E-state index contributed by atoms with van der Waals surface area (Å²) in [5.74, 6) is 3.77. The topological polar surface area (TPSA) is 62.9 Å². The molecule has 0 aliphatic carbocycles. The van der Waals surface area contributed by atoms with Crippen LogP contribution in [0.4, 0.5) is 0 Å². The summed E-state index contributed by atoms with van der Waals surface area (Å²) in [5.41, 5.74) is 5.85. The second-order valence-electron chi connectivity index (χ2n) is 5.82.